The van der Waals surface area contributed by atoms with Gasteiger partial charge in [0.25, 0.3) is 0 Å². The van der Waals surface area contributed by atoms with E-state index in [1.807, 2.05) is 24.4 Å². The maximum Gasteiger partial charge on any atom is 0.307 e. The van der Waals surface area contributed by atoms with Crippen molar-refractivity contribution in [1.29, 1.82) is 0 Å². The number of hydrogen-bond donors (Lipinski definition) is 2. The fourth-order valence-electron chi connectivity index (χ4n) is 1.68. The van der Waals surface area contributed by atoms with Gasteiger partial charge < -0.3 is 15.8 Å². The van der Waals surface area contributed by atoms with Gasteiger partial charge in [-0.05, 0) is 17.9 Å². The zero-order chi connectivity index (χ0) is 14.3. The van der Waals surface area contributed by atoms with Crippen LogP contribution < -0.4 is 11.1 Å². The number of methoxy groups -OCH3 is 1. The molecule has 0 aromatic carbocycles. The van der Waals surface area contributed by atoms with Crippen LogP contribution in [0.5, 0.6) is 0 Å². The Morgan fingerprint density at radius 1 is 1.53 bits per heavy atom. The summed E-state index contributed by atoms with van der Waals surface area (Å²) in [6.07, 6.45) is 1.58. The minimum atomic E-state index is -0.537. The zero-order valence-corrected chi connectivity index (χ0v) is 12.0. The van der Waals surface area contributed by atoms with Crippen molar-refractivity contribution in [2.45, 2.75) is 38.3 Å². The summed E-state index contributed by atoms with van der Waals surface area (Å²) >= 11 is 1.49. The molecule has 3 N–H and O–H groups in total. The summed E-state index contributed by atoms with van der Waals surface area (Å²) in [7, 11) is 1.33. The zero-order valence-electron chi connectivity index (χ0n) is 11.2. The Kier molecular flexibility index (Phi) is 6.52. The largest absolute Gasteiger partial charge is 0.469 e. The number of thiophene rings is 1. The Morgan fingerprint density at radius 2 is 2.26 bits per heavy atom. The normalized spacial score (nSPS) is 13.6. The molecule has 0 saturated heterocycles. The number of esters is 1. The van der Waals surface area contributed by atoms with E-state index >= 15 is 0 Å². The third kappa shape index (κ3) is 5.00. The van der Waals surface area contributed by atoms with Crippen LogP contribution in [0.3, 0.4) is 0 Å². The van der Waals surface area contributed by atoms with Crippen molar-refractivity contribution >= 4 is 23.2 Å². The highest BCUT2D eigenvalue weighted by atomic mass is 32.1. The van der Waals surface area contributed by atoms with Crippen LogP contribution in [-0.2, 0) is 14.3 Å². The average molecular weight is 284 g/mol. The molecule has 2 atom stereocenters. The minimum Gasteiger partial charge on any atom is -0.469 e. The lowest BCUT2D eigenvalue weighted by molar-refractivity contribution is -0.141. The molecule has 6 heteroatoms. The van der Waals surface area contributed by atoms with E-state index in [1.54, 1.807) is 0 Å². The first-order valence-corrected chi connectivity index (χ1v) is 7.12. The molecule has 0 fully saturated rings. The van der Waals surface area contributed by atoms with Gasteiger partial charge in [0.15, 0.2) is 0 Å². The predicted octanol–water partition coefficient (Wildman–Crippen LogP) is 1.60. The van der Waals surface area contributed by atoms with Crippen LogP contribution >= 0.6 is 11.3 Å². The standard InChI is InChI=1S/C13H20N2O3S/c1-3-5-9(14)13(17)15-10(8-12(16)18-2)11-6-4-7-19-11/h4,6-7,9-10H,3,5,8,14H2,1-2H3,(H,15,17). The molecule has 0 aliphatic carbocycles. The first kappa shape index (κ1) is 15.7. The average Bonchev–Trinajstić information content (AvgIpc) is 2.91. The van der Waals surface area contributed by atoms with Crippen LogP contribution in [0.4, 0.5) is 0 Å². The van der Waals surface area contributed by atoms with E-state index < -0.39 is 6.04 Å². The SMILES string of the molecule is CCCC(N)C(=O)NC(CC(=O)OC)c1cccs1. The van der Waals surface area contributed by atoms with Crippen molar-refractivity contribution in [2.75, 3.05) is 7.11 Å². The van der Waals surface area contributed by atoms with Gasteiger partial charge in [0.05, 0.1) is 25.6 Å². The number of nitrogens with one attached hydrogen (secondary N) is 1. The summed E-state index contributed by atoms with van der Waals surface area (Å²) in [6, 6.07) is 2.85. The Balaban J connectivity index is 2.69. The lowest BCUT2D eigenvalue weighted by atomic mass is 10.1. The van der Waals surface area contributed by atoms with Gasteiger partial charge >= 0.3 is 5.97 Å². The van der Waals surface area contributed by atoms with Crippen molar-refractivity contribution in [2.24, 2.45) is 5.73 Å². The molecule has 1 rings (SSSR count). The summed E-state index contributed by atoms with van der Waals surface area (Å²) in [5.41, 5.74) is 5.77. The Labute approximate surface area is 117 Å². The van der Waals surface area contributed by atoms with E-state index in [9.17, 15) is 9.59 Å². The molecule has 0 radical (unpaired) electrons. The third-order valence-electron chi connectivity index (χ3n) is 2.74. The molecule has 0 saturated carbocycles. The van der Waals surface area contributed by atoms with Gasteiger partial charge in [-0.2, -0.15) is 0 Å². The molecule has 5 nitrogen and oxygen atoms in total. The molecule has 0 spiro atoms. The van der Waals surface area contributed by atoms with Crippen molar-refractivity contribution in [1.82, 2.24) is 5.32 Å². The van der Waals surface area contributed by atoms with Crippen LogP contribution in [-0.4, -0.2) is 25.0 Å². The van der Waals surface area contributed by atoms with Gasteiger partial charge in [0, 0.05) is 4.88 Å². The molecule has 1 heterocycles. The van der Waals surface area contributed by atoms with Gasteiger partial charge in [-0.15, -0.1) is 11.3 Å². The van der Waals surface area contributed by atoms with E-state index in [4.69, 9.17) is 5.73 Å². The third-order valence-corrected chi connectivity index (χ3v) is 3.72. The summed E-state index contributed by atoms with van der Waals surface area (Å²) in [6.45, 7) is 1.97. The van der Waals surface area contributed by atoms with Crippen molar-refractivity contribution in [3.63, 3.8) is 0 Å². The number of hydrogen-bond acceptors (Lipinski definition) is 5. The molecule has 1 aromatic heterocycles. The predicted molar refractivity (Wildman–Crippen MR) is 74.7 cm³/mol. The molecule has 0 aliphatic heterocycles. The molecule has 106 valence electrons. The van der Waals surface area contributed by atoms with Crippen LogP contribution in [0.1, 0.15) is 37.1 Å². The van der Waals surface area contributed by atoms with E-state index in [0.717, 1.165) is 11.3 Å². The second-order valence-electron chi connectivity index (χ2n) is 4.25. The first-order valence-electron chi connectivity index (χ1n) is 6.24. The second-order valence-corrected chi connectivity index (χ2v) is 5.23. The van der Waals surface area contributed by atoms with Crippen molar-refractivity contribution < 1.29 is 14.3 Å². The van der Waals surface area contributed by atoms with Crippen LogP contribution in [0, 0.1) is 0 Å². The van der Waals surface area contributed by atoms with Crippen LogP contribution in [0.25, 0.3) is 0 Å². The fraction of sp³-hybridized carbons (Fsp3) is 0.538. The summed E-state index contributed by atoms with van der Waals surface area (Å²) in [5.74, 6) is -0.591. The summed E-state index contributed by atoms with van der Waals surface area (Å²) in [4.78, 5) is 24.2. The lowest BCUT2D eigenvalue weighted by Crippen LogP contribution is -2.42. The maximum absolute atomic E-state index is 11.9. The van der Waals surface area contributed by atoms with Crippen molar-refractivity contribution in [3.8, 4) is 0 Å². The van der Waals surface area contributed by atoms with Crippen LogP contribution in [0.2, 0.25) is 0 Å². The summed E-state index contributed by atoms with van der Waals surface area (Å²) in [5, 5.41) is 4.72. The molecule has 1 aromatic rings. The van der Waals surface area contributed by atoms with Gasteiger partial charge in [-0.1, -0.05) is 19.4 Å². The van der Waals surface area contributed by atoms with Crippen LogP contribution in [0.15, 0.2) is 17.5 Å². The molecule has 19 heavy (non-hydrogen) atoms. The highest BCUT2D eigenvalue weighted by molar-refractivity contribution is 7.10. The Morgan fingerprint density at radius 3 is 2.79 bits per heavy atom. The van der Waals surface area contributed by atoms with Gasteiger partial charge in [-0.3, -0.25) is 9.59 Å². The van der Waals surface area contributed by atoms with Gasteiger partial charge in [-0.25, -0.2) is 0 Å². The summed E-state index contributed by atoms with van der Waals surface area (Å²) < 4.78 is 4.65. The Hall–Kier alpha value is -1.40. The van der Waals surface area contributed by atoms with E-state index in [0.29, 0.717) is 6.42 Å². The second kappa shape index (κ2) is 7.91. The molecule has 1 amide bonds. The highest BCUT2D eigenvalue weighted by Crippen LogP contribution is 2.22. The molecule has 2 unspecified atom stereocenters. The van der Waals surface area contributed by atoms with E-state index in [2.05, 4.69) is 10.1 Å². The fourth-order valence-corrected chi connectivity index (χ4v) is 2.46. The quantitative estimate of drug-likeness (QED) is 0.745. The number of nitrogens with two attached hydrogens (primary N) is 1. The van der Waals surface area contributed by atoms with E-state index in [1.165, 1.54) is 18.4 Å². The number of rotatable bonds is 7. The first-order chi connectivity index (χ1) is 9.08. The number of carbonyl (C=O) groups excluding carboxylic acids is 2. The highest BCUT2D eigenvalue weighted by Gasteiger charge is 2.22. The Bertz CT molecular complexity index is 406. The molecule has 0 aliphatic rings. The molecular formula is C13H20N2O3S. The maximum atomic E-state index is 11.9. The minimum absolute atomic E-state index is 0.113. The molecular weight excluding hydrogens is 264 g/mol. The topological polar surface area (TPSA) is 81.4 Å². The van der Waals surface area contributed by atoms with Gasteiger partial charge in [0.2, 0.25) is 5.91 Å². The lowest BCUT2D eigenvalue weighted by Gasteiger charge is -2.19. The molecule has 0 bridgehead atoms. The van der Waals surface area contributed by atoms with E-state index in [-0.39, 0.29) is 24.3 Å². The monoisotopic (exact) mass is 284 g/mol. The number of carbonyl (C=O) groups is 2. The smallest absolute Gasteiger partial charge is 0.307 e. The van der Waals surface area contributed by atoms with Gasteiger partial charge in [0.1, 0.15) is 0 Å². The van der Waals surface area contributed by atoms with Crippen molar-refractivity contribution in [3.05, 3.63) is 22.4 Å². The number of ether oxygens (including phenoxy) is 1. The number of amides is 1.